The summed E-state index contributed by atoms with van der Waals surface area (Å²) in [4.78, 5) is 42.6. The Morgan fingerprint density at radius 3 is 2.60 bits per heavy atom. The van der Waals surface area contributed by atoms with Gasteiger partial charge in [-0.3, -0.25) is 9.59 Å². The predicted molar refractivity (Wildman–Crippen MR) is 159 cm³/mol. The van der Waals surface area contributed by atoms with Gasteiger partial charge in [0.2, 0.25) is 9.58 Å². The lowest BCUT2D eigenvalue weighted by atomic mass is 9.89. The molecule has 1 aliphatic heterocycles. The van der Waals surface area contributed by atoms with E-state index in [1.807, 2.05) is 33.2 Å². The Morgan fingerprint density at radius 1 is 1.15 bits per heavy atom. The molecule has 0 aromatic heterocycles. The van der Waals surface area contributed by atoms with Crippen LogP contribution in [0.5, 0.6) is 0 Å². The van der Waals surface area contributed by atoms with Crippen LogP contribution in [0, 0.1) is 5.41 Å². The number of nitrogens with one attached hydrogen (secondary N) is 1. The minimum atomic E-state index is -1.67. The van der Waals surface area contributed by atoms with Crippen LogP contribution in [-0.4, -0.2) is 87.2 Å². The molecule has 2 aromatic rings. The zero-order valence-electron chi connectivity index (χ0n) is 23.5. The highest BCUT2D eigenvalue weighted by Crippen LogP contribution is 2.54. The highest BCUT2D eigenvalue weighted by molar-refractivity contribution is 14.1. The number of benzene rings is 2. The maximum atomic E-state index is 15.5. The molecule has 0 saturated carbocycles. The van der Waals surface area contributed by atoms with Gasteiger partial charge in [0.15, 0.2) is 0 Å². The van der Waals surface area contributed by atoms with Crippen molar-refractivity contribution in [3.05, 3.63) is 59.2 Å². The minimum Gasteiger partial charge on any atom is -0.464 e. The van der Waals surface area contributed by atoms with Gasteiger partial charge in [-0.25, -0.2) is 9.18 Å². The average Bonchev–Trinajstić information content (AvgIpc) is 3.39. The van der Waals surface area contributed by atoms with Crippen LogP contribution in [-0.2, 0) is 22.7 Å². The fourth-order valence-corrected chi connectivity index (χ4v) is 6.40. The SMILES string of the molecule is CCOC(=O)[C@@H]1C[C@](C)(COCCCN(C)C)CN1C(=O)CNC(=O)c1ccc2c(c1)-c1ccccc1C2(F)I. The summed E-state index contributed by atoms with van der Waals surface area (Å²) in [5.41, 5.74) is 2.38. The van der Waals surface area contributed by atoms with Gasteiger partial charge in [0.05, 0.1) is 19.8 Å². The number of carbonyl (C=O) groups excluding carboxylic acids is 3. The number of likely N-dealkylation sites (tertiary alicyclic amines) is 1. The highest BCUT2D eigenvalue weighted by Gasteiger charge is 2.47. The summed E-state index contributed by atoms with van der Waals surface area (Å²) in [6.07, 6.45) is 1.31. The molecule has 10 heteroatoms. The van der Waals surface area contributed by atoms with Gasteiger partial charge in [0, 0.05) is 35.3 Å². The number of esters is 1. The molecule has 1 heterocycles. The van der Waals surface area contributed by atoms with Crippen LogP contribution in [0.3, 0.4) is 0 Å². The van der Waals surface area contributed by atoms with Gasteiger partial charge in [-0.05, 0) is 86.3 Å². The van der Waals surface area contributed by atoms with Gasteiger partial charge in [-0.1, -0.05) is 37.3 Å². The first-order valence-electron chi connectivity index (χ1n) is 13.6. The molecular weight excluding hydrogens is 628 g/mol. The van der Waals surface area contributed by atoms with Gasteiger partial charge < -0.3 is 24.6 Å². The molecule has 0 spiro atoms. The van der Waals surface area contributed by atoms with Crippen molar-refractivity contribution in [2.24, 2.45) is 5.41 Å². The molecule has 0 radical (unpaired) electrons. The number of carbonyl (C=O) groups is 3. The monoisotopic (exact) mass is 665 g/mol. The van der Waals surface area contributed by atoms with Crippen molar-refractivity contribution in [2.45, 2.75) is 36.4 Å². The van der Waals surface area contributed by atoms with Crippen molar-refractivity contribution >= 4 is 40.4 Å². The van der Waals surface area contributed by atoms with E-state index in [0.717, 1.165) is 18.5 Å². The van der Waals surface area contributed by atoms with Crippen molar-refractivity contribution in [2.75, 3.05) is 53.6 Å². The first-order chi connectivity index (χ1) is 19.0. The van der Waals surface area contributed by atoms with E-state index in [2.05, 4.69) is 10.2 Å². The molecule has 1 saturated heterocycles. The van der Waals surface area contributed by atoms with E-state index >= 15 is 4.39 Å². The van der Waals surface area contributed by atoms with Crippen LogP contribution < -0.4 is 5.32 Å². The fraction of sp³-hybridized carbons (Fsp3) is 0.500. The molecule has 40 heavy (non-hydrogen) atoms. The molecule has 4 rings (SSSR count). The van der Waals surface area contributed by atoms with E-state index < -0.39 is 27.0 Å². The van der Waals surface area contributed by atoms with E-state index in [1.165, 1.54) is 4.90 Å². The van der Waals surface area contributed by atoms with Crippen molar-refractivity contribution in [3.63, 3.8) is 0 Å². The number of halogens is 2. The third kappa shape index (κ3) is 6.49. The molecular formula is C30H37FIN3O5. The Labute approximate surface area is 248 Å². The van der Waals surface area contributed by atoms with Gasteiger partial charge >= 0.3 is 5.97 Å². The summed E-state index contributed by atoms with van der Waals surface area (Å²) in [5, 5.41) is 2.69. The smallest absolute Gasteiger partial charge is 0.328 e. The number of ether oxygens (including phenoxy) is 2. The predicted octanol–water partition coefficient (Wildman–Crippen LogP) is 4.14. The third-order valence-electron chi connectivity index (χ3n) is 7.41. The Bertz CT molecular complexity index is 1270. The fourth-order valence-electron chi connectivity index (χ4n) is 5.46. The third-order valence-corrected chi connectivity index (χ3v) is 8.58. The maximum absolute atomic E-state index is 15.5. The number of hydrogen-bond acceptors (Lipinski definition) is 6. The summed E-state index contributed by atoms with van der Waals surface area (Å²) in [5.74, 6) is -1.27. The lowest BCUT2D eigenvalue weighted by Crippen LogP contribution is -2.46. The molecule has 2 aromatic carbocycles. The molecule has 2 amide bonds. The molecule has 1 fully saturated rings. The van der Waals surface area contributed by atoms with Crippen LogP contribution in [0.1, 0.15) is 48.2 Å². The van der Waals surface area contributed by atoms with Crippen molar-refractivity contribution in [1.82, 2.24) is 15.1 Å². The summed E-state index contributed by atoms with van der Waals surface area (Å²) < 4.78 is 25.0. The van der Waals surface area contributed by atoms with Crippen LogP contribution in [0.4, 0.5) is 4.39 Å². The number of rotatable bonds is 11. The minimum absolute atomic E-state index is 0.213. The van der Waals surface area contributed by atoms with E-state index in [-0.39, 0.29) is 19.1 Å². The zero-order chi connectivity index (χ0) is 29.1. The van der Waals surface area contributed by atoms with Gasteiger partial charge in [0.25, 0.3) is 5.91 Å². The van der Waals surface area contributed by atoms with Crippen LogP contribution in [0.25, 0.3) is 11.1 Å². The number of fused-ring (bicyclic) bond motifs is 3. The Morgan fingerprint density at radius 2 is 1.88 bits per heavy atom. The second-order valence-corrected chi connectivity index (χ2v) is 12.6. The van der Waals surface area contributed by atoms with Crippen molar-refractivity contribution in [3.8, 4) is 11.1 Å². The van der Waals surface area contributed by atoms with Crippen molar-refractivity contribution < 1.29 is 28.2 Å². The molecule has 1 unspecified atom stereocenters. The molecule has 1 N–H and O–H groups in total. The molecule has 0 bridgehead atoms. The summed E-state index contributed by atoms with van der Waals surface area (Å²) in [7, 11) is 4.01. The van der Waals surface area contributed by atoms with Gasteiger partial charge in [-0.2, -0.15) is 0 Å². The first kappa shape index (κ1) is 30.4. The lowest BCUT2D eigenvalue weighted by Gasteiger charge is -2.25. The number of alkyl halides is 2. The topological polar surface area (TPSA) is 88.2 Å². The van der Waals surface area contributed by atoms with E-state index in [9.17, 15) is 14.4 Å². The Balaban J connectivity index is 1.41. The number of nitrogens with zero attached hydrogens (tertiary/aromatic N) is 2. The Hall–Kier alpha value is -2.57. The molecule has 3 atom stereocenters. The van der Waals surface area contributed by atoms with Gasteiger partial charge in [-0.15, -0.1) is 0 Å². The molecule has 2 aliphatic rings. The normalized spacial score (nSPS) is 23.2. The number of hydrogen-bond donors (Lipinski definition) is 1. The quantitative estimate of drug-likeness (QED) is 0.168. The van der Waals surface area contributed by atoms with Crippen molar-refractivity contribution in [1.29, 1.82) is 0 Å². The largest absolute Gasteiger partial charge is 0.464 e. The first-order valence-corrected chi connectivity index (χ1v) is 14.6. The summed E-state index contributed by atoms with van der Waals surface area (Å²) >= 11 is 1.79. The lowest BCUT2D eigenvalue weighted by molar-refractivity contribution is -0.152. The number of amides is 2. The Kier molecular flexibility index (Phi) is 9.51. The zero-order valence-corrected chi connectivity index (χ0v) is 25.6. The van der Waals surface area contributed by atoms with Crippen LogP contribution in [0.2, 0.25) is 0 Å². The summed E-state index contributed by atoms with van der Waals surface area (Å²) in [6.45, 7) is 5.90. The van der Waals surface area contributed by atoms with Crippen LogP contribution >= 0.6 is 22.6 Å². The van der Waals surface area contributed by atoms with E-state index in [4.69, 9.17) is 9.47 Å². The second-order valence-electron chi connectivity index (χ2n) is 11.1. The van der Waals surface area contributed by atoms with Crippen LogP contribution in [0.15, 0.2) is 42.5 Å². The molecule has 216 valence electrons. The average molecular weight is 666 g/mol. The standard InChI is InChI=1S/C30H37FIN3O5/c1-5-40-28(38)25-16-29(2,19-39-14-8-13-34(3)4)18-35(25)26(36)17-33-27(37)20-11-12-24-22(15-20)21-9-6-7-10-23(21)30(24,31)32/h6-7,9-12,15,25H,5,8,13-14,16-19H2,1-4H3,(H,33,37)/t25-,29-,30?/m0/s1. The van der Waals surface area contributed by atoms with Gasteiger partial charge in [0.1, 0.15) is 6.04 Å². The molecule has 1 aliphatic carbocycles. The highest BCUT2D eigenvalue weighted by atomic mass is 127. The van der Waals surface area contributed by atoms with E-state index in [1.54, 1.807) is 59.8 Å². The molecule has 8 nitrogen and oxygen atoms in total. The second kappa shape index (κ2) is 12.5. The summed E-state index contributed by atoms with van der Waals surface area (Å²) in [6, 6.07) is 11.3. The maximum Gasteiger partial charge on any atom is 0.328 e. The van der Waals surface area contributed by atoms with E-state index in [0.29, 0.717) is 48.4 Å².